The number of anilines is 2. The molecule has 4 nitrogen and oxygen atoms in total. The molecule has 90 valence electrons. The van der Waals surface area contributed by atoms with Gasteiger partial charge in [-0.15, -0.1) is 0 Å². The van der Waals surface area contributed by atoms with Crippen molar-refractivity contribution < 1.29 is 4.42 Å². The topological polar surface area (TPSA) is 78.1 Å². The van der Waals surface area contributed by atoms with Gasteiger partial charge in [0.15, 0.2) is 5.58 Å². The van der Waals surface area contributed by atoms with Crippen LogP contribution in [0.5, 0.6) is 0 Å². The molecule has 4 heteroatoms. The van der Waals surface area contributed by atoms with Gasteiger partial charge in [0, 0.05) is 11.8 Å². The second-order valence-electron chi connectivity index (χ2n) is 4.31. The van der Waals surface area contributed by atoms with Crippen LogP contribution in [-0.4, -0.2) is 4.98 Å². The molecule has 0 radical (unpaired) electrons. The van der Waals surface area contributed by atoms with Gasteiger partial charge in [0.1, 0.15) is 5.69 Å². The lowest BCUT2D eigenvalue weighted by Crippen LogP contribution is -1.90. The minimum absolute atomic E-state index is 0.242. The van der Waals surface area contributed by atoms with Gasteiger partial charge in [-0.05, 0) is 12.5 Å². The maximum absolute atomic E-state index is 5.96. The van der Waals surface area contributed by atoms with Crippen LogP contribution in [0.3, 0.4) is 0 Å². The van der Waals surface area contributed by atoms with Crippen LogP contribution in [0.25, 0.3) is 22.1 Å². The van der Waals surface area contributed by atoms with Gasteiger partial charge >= 0.3 is 0 Å². The second-order valence-corrected chi connectivity index (χ2v) is 4.31. The van der Waals surface area contributed by atoms with E-state index in [9.17, 15) is 0 Å². The highest BCUT2D eigenvalue weighted by Crippen LogP contribution is 2.37. The predicted molar refractivity (Wildman–Crippen MR) is 73.0 cm³/mol. The molecule has 0 aliphatic heterocycles. The third-order valence-electron chi connectivity index (χ3n) is 3.03. The minimum atomic E-state index is 0.242. The highest BCUT2D eigenvalue weighted by atomic mass is 16.3. The molecule has 0 atom stereocenters. The number of nitrogens with zero attached hydrogens (tertiary/aromatic N) is 1. The zero-order valence-electron chi connectivity index (χ0n) is 9.97. The molecule has 2 heterocycles. The molecule has 0 fully saturated rings. The van der Waals surface area contributed by atoms with Crippen LogP contribution < -0.4 is 11.5 Å². The van der Waals surface area contributed by atoms with Crippen LogP contribution in [0.1, 0.15) is 5.56 Å². The summed E-state index contributed by atoms with van der Waals surface area (Å²) in [6.45, 7) is 2.05. The van der Waals surface area contributed by atoms with Gasteiger partial charge in [0.2, 0.25) is 5.88 Å². The van der Waals surface area contributed by atoms with Gasteiger partial charge in [0.05, 0.1) is 11.6 Å². The Hall–Kier alpha value is -2.49. The third kappa shape index (κ3) is 1.50. The number of hydrogen-bond donors (Lipinski definition) is 2. The number of furan rings is 1. The summed E-state index contributed by atoms with van der Waals surface area (Å²) in [6.07, 6.45) is 3.40. The number of nitrogen functional groups attached to an aromatic ring is 2. The summed E-state index contributed by atoms with van der Waals surface area (Å²) in [5.41, 5.74) is 15.9. The number of aryl methyl sites for hydroxylation is 1. The standard InChI is InChI=1S/C14H13N3O/c1-8-2-4-9(5-3-8)10-6-17-7-11-12(10)13(15)14(16)18-11/h2-7H,15-16H2,1H3. The third-order valence-corrected chi connectivity index (χ3v) is 3.03. The first-order valence-corrected chi connectivity index (χ1v) is 5.65. The summed E-state index contributed by atoms with van der Waals surface area (Å²) in [5.74, 6) is 0.242. The summed E-state index contributed by atoms with van der Waals surface area (Å²) in [6, 6.07) is 8.17. The average Bonchev–Trinajstić information content (AvgIpc) is 2.66. The number of pyridine rings is 1. The Kier molecular flexibility index (Phi) is 2.23. The van der Waals surface area contributed by atoms with Crippen molar-refractivity contribution in [3.63, 3.8) is 0 Å². The molecule has 0 saturated heterocycles. The maximum atomic E-state index is 5.96. The molecule has 0 amide bonds. The van der Waals surface area contributed by atoms with Crippen molar-refractivity contribution in [1.82, 2.24) is 4.98 Å². The van der Waals surface area contributed by atoms with Crippen LogP contribution in [-0.2, 0) is 0 Å². The maximum Gasteiger partial charge on any atom is 0.214 e. The Morgan fingerprint density at radius 2 is 1.78 bits per heavy atom. The normalized spacial score (nSPS) is 10.9. The van der Waals surface area contributed by atoms with E-state index in [2.05, 4.69) is 4.98 Å². The summed E-state index contributed by atoms with van der Waals surface area (Å²) in [7, 11) is 0. The molecule has 3 aromatic rings. The van der Waals surface area contributed by atoms with Crippen molar-refractivity contribution in [2.75, 3.05) is 11.5 Å². The summed E-state index contributed by atoms with van der Waals surface area (Å²) in [4.78, 5) is 4.16. The first kappa shape index (κ1) is 10.7. The molecule has 0 aliphatic rings. The fraction of sp³-hybridized carbons (Fsp3) is 0.0714. The average molecular weight is 239 g/mol. The molecule has 0 unspecified atom stereocenters. The summed E-state index contributed by atoms with van der Waals surface area (Å²) >= 11 is 0. The predicted octanol–water partition coefficient (Wildman–Crippen LogP) is 2.97. The fourth-order valence-corrected chi connectivity index (χ4v) is 2.05. The molecule has 0 spiro atoms. The number of rotatable bonds is 1. The minimum Gasteiger partial charge on any atom is -0.437 e. The van der Waals surface area contributed by atoms with Gasteiger partial charge in [-0.1, -0.05) is 29.8 Å². The highest BCUT2D eigenvalue weighted by Gasteiger charge is 2.14. The zero-order valence-corrected chi connectivity index (χ0v) is 9.97. The Morgan fingerprint density at radius 3 is 2.50 bits per heavy atom. The van der Waals surface area contributed by atoms with E-state index in [0.717, 1.165) is 16.5 Å². The van der Waals surface area contributed by atoms with Crippen LogP contribution in [0.4, 0.5) is 11.6 Å². The van der Waals surface area contributed by atoms with E-state index in [1.54, 1.807) is 12.4 Å². The van der Waals surface area contributed by atoms with E-state index >= 15 is 0 Å². The van der Waals surface area contributed by atoms with Crippen LogP contribution in [0.2, 0.25) is 0 Å². The SMILES string of the molecule is Cc1ccc(-c2cncc3oc(N)c(N)c23)cc1. The van der Waals surface area contributed by atoms with Crippen molar-refractivity contribution in [2.45, 2.75) is 6.92 Å². The van der Waals surface area contributed by atoms with Crippen LogP contribution in [0, 0.1) is 6.92 Å². The molecule has 2 aromatic heterocycles. The van der Waals surface area contributed by atoms with Crippen molar-refractivity contribution in [1.29, 1.82) is 0 Å². The number of aromatic nitrogens is 1. The summed E-state index contributed by atoms with van der Waals surface area (Å²) < 4.78 is 5.37. The van der Waals surface area contributed by atoms with Gasteiger partial charge in [-0.25, -0.2) is 0 Å². The molecule has 1 aromatic carbocycles. The molecular weight excluding hydrogens is 226 g/mol. The van der Waals surface area contributed by atoms with Crippen LogP contribution >= 0.6 is 0 Å². The molecular formula is C14H13N3O. The lowest BCUT2D eigenvalue weighted by molar-refractivity contribution is 0.637. The van der Waals surface area contributed by atoms with Crippen molar-refractivity contribution in [3.05, 3.63) is 42.2 Å². The number of benzene rings is 1. The molecule has 0 aliphatic carbocycles. The molecule has 0 bridgehead atoms. The molecule has 4 N–H and O–H groups in total. The van der Waals surface area contributed by atoms with E-state index in [0.29, 0.717) is 11.3 Å². The number of hydrogen-bond acceptors (Lipinski definition) is 4. The highest BCUT2D eigenvalue weighted by molar-refractivity contribution is 6.04. The van der Waals surface area contributed by atoms with E-state index in [4.69, 9.17) is 15.9 Å². The zero-order chi connectivity index (χ0) is 12.7. The monoisotopic (exact) mass is 239 g/mol. The van der Waals surface area contributed by atoms with Gasteiger partial charge in [-0.3, -0.25) is 4.98 Å². The van der Waals surface area contributed by atoms with Crippen LogP contribution in [0.15, 0.2) is 41.1 Å². The molecule has 3 rings (SSSR count). The van der Waals surface area contributed by atoms with E-state index in [-0.39, 0.29) is 5.88 Å². The Morgan fingerprint density at radius 1 is 1.06 bits per heavy atom. The quantitative estimate of drug-likeness (QED) is 0.684. The van der Waals surface area contributed by atoms with E-state index in [1.165, 1.54) is 5.56 Å². The molecule has 0 saturated carbocycles. The van der Waals surface area contributed by atoms with E-state index in [1.807, 2.05) is 31.2 Å². The number of nitrogens with two attached hydrogens (primary N) is 2. The van der Waals surface area contributed by atoms with Crippen molar-refractivity contribution in [3.8, 4) is 11.1 Å². The Bertz CT molecular complexity index is 714. The Labute approximate surface area is 104 Å². The lowest BCUT2D eigenvalue weighted by atomic mass is 10.0. The van der Waals surface area contributed by atoms with Gasteiger partial charge < -0.3 is 15.9 Å². The fourth-order valence-electron chi connectivity index (χ4n) is 2.05. The molecule has 18 heavy (non-hydrogen) atoms. The van der Waals surface area contributed by atoms with Crippen molar-refractivity contribution in [2.24, 2.45) is 0 Å². The number of fused-ring (bicyclic) bond motifs is 1. The smallest absolute Gasteiger partial charge is 0.214 e. The largest absolute Gasteiger partial charge is 0.437 e. The first-order valence-electron chi connectivity index (χ1n) is 5.65. The second kappa shape index (κ2) is 3.77. The first-order chi connectivity index (χ1) is 8.66. The summed E-state index contributed by atoms with van der Waals surface area (Å²) in [5, 5.41) is 0.825. The van der Waals surface area contributed by atoms with Gasteiger partial charge in [0.25, 0.3) is 0 Å². The van der Waals surface area contributed by atoms with Gasteiger partial charge in [-0.2, -0.15) is 0 Å². The van der Waals surface area contributed by atoms with Crippen molar-refractivity contribution >= 4 is 22.5 Å². The lowest BCUT2D eigenvalue weighted by Gasteiger charge is -2.03. The van der Waals surface area contributed by atoms with E-state index < -0.39 is 0 Å². The Balaban J connectivity index is 2.32.